The second-order valence-corrected chi connectivity index (χ2v) is 12.3. The number of aryl methyl sites for hydroxylation is 1. The molecule has 0 aliphatic carbocycles. The van der Waals surface area contributed by atoms with Gasteiger partial charge in [0.05, 0.1) is 17.2 Å². The van der Waals surface area contributed by atoms with E-state index in [-0.39, 0.29) is 23.3 Å². The number of benzene rings is 3. The number of hydrogen-bond donors (Lipinski definition) is 1. The number of rotatable bonds is 10. The summed E-state index contributed by atoms with van der Waals surface area (Å²) in [5.74, 6) is 0.878. The van der Waals surface area contributed by atoms with E-state index in [1.54, 1.807) is 23.1 Å². The third-order valence-electron chi connectivity index (χ3n) is 7.26. The number of sulfonamides is 1. The van der Waals surface area contributed by atoms with Crippen LogP contribution in [0.4, 0.5) is 11.4 Å². The Hall–Kier alpha value is -3.89. The van der Waals surface area contributed by atoms with E-state index < -0.39 is 10.0 Å². The number of carbonyl (C=O) groups excluding carboxylic acids is 2. The van der Waals surface area contributed by atoms with Crippen LogP contribution in [-0.2, 0) is 14.8 Å². The summed E-state index contributed by atoms with van der Waals surface area (Å²) in [5.41, 5.74) is 2.57. The zero-order valence-corrected chi connectivity index (χ0v) is 24.0. The van der Waals surface area contributed by atoms with Crippen molar-refractivity contribution in [3.05, 3.63) is 77.9 Å². The molecule has 0 unspecified atom stereocenters. The van der Waals surface area contributed by atoms with Gasteiger partial charge in [-0.3, -0.25) is 9.59 Å². The summed E-state index contributed by atoms with van der Waals surface area (Å²) in [6.07, 6.45) is 4.26. The van der Waals surface area contributed by atoms with Crippen molar-refractivity contribution in [2.45, 2.75) is 43.9 Å². The van der Waals surface area contributed by atoms with Gasteiger partial charge < -0.3 is 19.7 Å². The first kappa shape index (κ1) is 28.6. The average Bonchev–Trinajstić information content (AvgIpc) is 2.98. The number of nitrogens with zero attached hydrogens (tertiary/aromatic N) is 2. The largest absolute Gasteiger partial charge is 0.494 e. The van der Waals surface area contributed by atoms with Gasteiger partial charge in [0.15, 0.2) is 6.61 Å². The van der Waals surface area contributed by atoms with Gasteiger partial charge >= 0.3 is 0 Å². The van der Waals surface area contributed by atoms with Gasteiger partial charge in [0, 0.05) is 30.9 Å². The average molecular weight is 578 g/mol. The fraction of sp³-hybridized carbons (Fsp3) is 0.355. The molecule has 0 bridgehead atoms. The smallest absolute Gasteiger partial charge is 0.265 e. The Balaban J connectivity index is 1.20. The van der Waals surface area contributed by atoms with Crippen LogP contribution in [0.1, 0.15) is 48.0 Å². The van der Waals surface area contributed by atoms with Crippen LogP contribution in [-0.4, -0.2) is 57.4 Å². The number of unbranched alkanes of at least 4 members (excludes halogenated alkanes) is 1. The predicted molar refractivity (Wildman–Crippen MR) is 157 cm³/mol. The Morgan fingerprint density at radius 3 is 2.51 bits per heavy atom. The monoisotopic (exact) mass is 577 g/mol. The number of carbonyl (C=O) groups is 2. The Morgan fingerprint density at radius 2 is 1.76 bits per heavy atom. The topological polar surface area (TPSA) is 105 Å². The molecule has 41 heavy (non-hydrogen) atoms. The standard InChI is InChI=1S/C31H35N3O6S/c1-23-8-7-9-26(20-23)39-19-6-5-18-34-28-21-25(12-15-29(28)40-22-30(34)35)32-31(36)24-10-13-27(14-11-24)41(37,38)33-16-3-2-4-17-33/h7-15,20-21H,2-6,16-19,22H2,1H3,(H,32,36). The molecule has 0 aromatic heterocycles. The highest BCUT2D eigenvalue weighted by Gasteiger charge is 2.27. The summed E-state index contributed by atoms with van der Waals surface area (Å²) in [5, 5.41) is 2.85. The zero-order chi connectivity index (χ0) is 28.8. The molecule has 1 N–H and O–H groups in total. The molecule has 5 rings (SSSR count). The van der Waals surface area contributed by atoms with E-state index in [2.05, 4.69) is 5.32 Å². The molecule has 2 aliphatic rings. The second-order valence-electron chi connectivity index (χ2n) is 10.3. The molecule has 0 spiro atoms. The van der Waals surface area contributed by atoms with Crippen molar-refractivity contribution in [1.29, 1.82) is 0 Å². The number of hydrogen-bond acceptors (Lipinski definition) is 6. The van der Waals surface area contributed by atoms with Crippen LogP contribution in [0.3, 0.4) is 0 Å². The molecule has 9 nitrogen and oxygen atoms in total. The van der Waals surface area contributed by atoms with E-state index in [0.29, 0.717) is 48.9 Å². The fourth-order valence-electron chi connectivity index (χ4n) is 5.03. The Kier molecular flexibility index (Phi) is 8.90. The van der Waals surface area contributed by atoms with Crippen molar-refractivity contribution in [3.63, 3.8) is 0 Å². The third kappa shape index (κ3) is 6.89. The summed E-state index contributed by atoms with van der Waals surface area (Å²) >= 11 is 0. The number of amides is 2. The van der Waals surface area contributed by atoms with Crippen LogP contribution in [0, 0.1) is 6.92 Å². The molecular formula is C31H35N3O6S. The van der Waals surface area contributed by atoms with Crippen molar-refractivity contribution < 1.29 is 27.5 Å². The molecule has 0 radical (unpaired) electrons. The van der Waals surface area contributed by atoms with E-state index in [4.69, 9.17) is 9.47 Å². The van der Waals surface area contributed by atoms with Gasteiger partial charge in [0.1, 0.15) is 11.5 Å². The van der Waals surface area contributed by atoms with Crippen LogP contribution in [0.5, 0.6) is 11.5 Å². The number of ether oxygens (including phenoxy) is 2. The quantitative estimate of drug-likeness (QED) is 0.340. The van der Waals surface area contributed by atoms with Crippen molar-refractivity contribution in [1.82, 2.24) is 4.31 Å². The van der Waals surface area contributed by atoms with Crippen molar-refractivity contribution >= 4 is 33.2 Å². The van der Waals surface area contributed by atoms with Crippen LogP contribution in [0.15, 0.2) is 71.6 Å². The van der Waals surface area contributed by atoms with Crippen LogP contribution in [0.25, 0.3) is 0 Å². The highest BCUT2D eigenvalue weighted by Crippen LogP contribution is 2.35. The van der Waals surface area contributed by atoms with Gasteiger partial charge in [-0.25, -0.2) is 8.42 Å². The van der Waals surface area contributed by atoms with E-state index in [1.807, 2.05) is 31.2 Å². The normalized spacial score (nSPS) is 15.6. The predicted octanol–water partition coefficient (Wildman–Crippen LogP) is 5.01. The molecule has 1 fully saturated rings. The van der Waals surface area contributed by atoms with E-state index in [0.717, 1.165) is 43.4 Å². The summed E-state index contributed by atoms with van der Waals surface area (Å²) < 4.78 is 38.8. The summed E-state index contributed by atoms with van der Waals surface area (Å²) in [6.45, 7) is 4.07. The van der Waals surface area contributed by atoms with Crippen LogP contribution >= 0.6 is 0 Å². The van der Waals surface area contributed by atoms with Gasteiger partial charge in [-0.05, 0) is 92.8 Å². The molecule has 3 aromatic rings. The molecule has 2 amide bonds. The lowest BCUT2D eigenvalue weighted by Crippen LogP contribution is -2.39. The molecule has 3 aromatic carbocycles. The maximum atomic E-state index is 13.0. The second kappa shape index (κ2) is 12.7. The maximum absolute atomic E-state index is 13.0. The lowest BCUT2D eigenvalue weighted by Gasteiger charge is -2.30. The highest BCUT2D eigenvalue weighted by atomic mass is 32.2. The molecule has 2 aliphatic heterocycles. The minimum atomic E-state index is -3.57. The lowest BCUT2D eigenvalue weighted by molar-refractivity contribution is -0.121. The van der Waals surface area contributed by atoms with Gasteiger partial charge in [0.2, 0.25) is 10.0 Å². The number of fused-ring (bicyclic) bond motifs is 1. The number of piperidine rings is 1. The minimum absolute atomic E-state index is 0.0365. The molecule has 0 atom stereocenters. The molecule has 2 heterocycles. The maximum Gasteiger partial charge on any atom is 0.265 e. The Bertz CT molecular complexity index is 1500. The van der Waals surface area contributed by atoms with Gasteiger partial charge in [-0.15, -0.1) is 0 Å². The third-order valence-corrected chi connectivity index (χ3v) is 9.18. The Labute approximate surface area is 241 Å². The number of nitrogens with one attached hydrogen (secondary N) is 1. The highest BCUT2D eigenvalue weighted by molar-refractivity contribution is 7.89. The van der Waals surface area contributed by atoms with E-state index in [9.17, 15) is 18.0 Å². The summed E-state index contributed by atoms with van der Waals surface area (Å²) in [7, 11) is -3.57. The van der Waals surface area contributed by atoms with Crippen LogP contribution in [0.2, 0.25) is 0 Å². The molecule has 1 saturated heterocycles. The first-order valence-corrected chi connectivity index (χ1v) is 15.4. The van der Waals surface area contributed by atoms with Gasteiger partial charge in [-0.2, -0.15) is 4.31 Å². The molecule has 10 heteroatoms. The van der Waals surface area contributed by atoms with Crippen molar-refractivity contribution in [2.24, 2.45) is 0 Å². The van der Waals surface area contributed by atoms with E-state index in [1.165, 1.54) is 28.6 Å². The first-order valence-electron chi connectivity index (χ1n) is 14.0. The summed E-state index contributed by atoms with van der Waals surface area (Å²) in [4.78, 5) is 27.5. The van der Waals surface area contributed by atoms with Crippen molar-refractivity contribution in [2.75, 3.05) is 43.1 Å². The van der Waals surface area contributed by atoms with Gasteiger partial charge in [0.25, 0.3) is 11.8 Å². The minimum Gasteiger partial charge on any atom is -0.494 e. The first-order chi connectivity index (χ1) is 19.8. The zero-order valence-electron chi connectivity index (χ0n) is 23.2. The molecule has 0 saturated carbocycles. The lowest BCUT2D eigenvalue weighted by atomic mass is 10.1. The summed E-state index contributed by atoms with van der Waals surface area (Å²) in [6, 6.07) is 19.1. The fourth-order valence-corrected chi connectivity index (χ4v) is 6.55. The molecule has 216 valence electrons. The van der Waals surface area contributed by atoms with E-state index >= 15 is 0 Å². The number of anilines is 2. The Morgan fingerprint density at radius 1 is 0.976 bits per heavy atom. The van der Waals surface area contributed by atoms with Crippen LogP contribution < -0.4 is 19.7 Å². The van der Waals surface area contributed by atoms with Crippen molar-refractivity contribution in [3.8, 4) is 11.5 Å². The van der Waals surface area contributed by atoms with Gasteiger partial charge in [-0.1, -0.05) is 18.6 Å². The molecular weight excluding hydrogens is 542 g/mol. The SMILES string of the molecule is Cc1cccc(OCCCCN2C(=O)COc3ccc(NC(=O)c4ccc(S(=O)(=O)N5CCCCC5)cc4)cc32)c1.